The smallest absolute Gasteiger partial charge is 0.144 e. The van der Waals surface area contributed by atoms with Gasteiger partial charge in [0.05, 0.1) is 5.56 Å². The van der Waals surface area contributed by atoms with E-state index in [0.29, 0.717) is 17.5 Å². The lowest BCUT2D eigenvalue weighted by Crippen LogP contribution is -1.86. The topological polar surface area (TPSA) is 12.9 Å². The van der Waals surface area contributed by atoms with E-state index in [4.69, 9.17) is 23.2 Å². The Labute approximate surface area is 88.1 Å². The van der Waals surface area contributed by atoms with Crippen LogP contribution in [0.15, 0.2) is 12.3 Å². The number of aryl methyl sites for hydroxylation is 1. The molecule has 0 spiro atoms. The van der Waals surface area contributed by atoms with Crippen molar-refractivity contribution < 1.29 is 0 Å². The van der Waals surface area contributed by atoms with Crippen molar-refractivity contribution >= 4 is 23.2 Å². The molecule has 0 aliphatic rings. The summed E-state index contributed by atoms with van der Waals surface area (Å²) in [5, 5.41) is 0.460. The lowest BCUT2D eigenvalue weighted by atomic mass is 10.2. The molecule has 0 saturated carbocycles. The van der Waals surface area contributed by atoms with E-state index in [1.807, 2.05) is 13.0 Å². The van der Waals surface area contributed by atoms with E-state index >= 15 is 0 Å². The zero-order valence-electron chi connectivity index (χ0n) is 7.27. The van der Waals surface area contributed by atoms with Gasteiger partial charge >= 0.3 is 0 Å². The van der Waals surface area contributed by atoms with Crippen LogP contribution in [0.2, 0.25) is 5.15 Å². The first kappa shape index (κ1) is 10.4. The average molecular weight is 214 g/mol. The second kappa shape index (κ2) is 5.11. The quantitative estimate of drug-likeness (QED) is 0.397. The van der Waals surface area contributed by atoms with Crippen LogP contribution in [0.3, 0.4) is 0 Å². The molecule has 0 unspecified atom stereocenters. The van der Waals surface area contributed by atoms with Crippen molar-refractivity contribution in [2.45, 2.75) is 13.3 Å². The Bertz CT molecular complexity index is 329. The number of aromatic nitrogens is 1. The van der Waals surface area contributed by atoms with Gasteiger partial charge in [-0.15, -0.1) is 11.6 Å². The monoisotopic (exact) mass is 213 g/mol. The molecule has 0 amide bonds. The Kier molecular flexibility index (Phi) is 4.08. The third-order valence-electron chi connectivity index (χ3n) is 1.55. The first-order valence-corrected chi connectivity index (χ1v) is 4.83. The predicted molar refractivity (Wildman–Crippen MR) is 56.2 cm³/mol. The molecule has 0 aromatic carbocycles. The maximum absolute atomic E-state index is 5.86. The normalized spacial score (nSPS) is 9.15. The summed E-state index contributed by atoms with van der Waals surface area (Å²) < 4.78 is 0. The molecular formula is C10H9Cl2N. The highest BCUT2D eigenvalue weighted by Crippen LogP contribution is 2.14. The number of halogens is 2. The Morgan fingerprint density at radius 2 is 2.31 bits per heavy atom. The first-order chi connectivity index (χ1) is 6.25. The summed E-state index contributed by atoms with van der Waals surface area (Å²) in [6.07, 6.45) is 2.34. The Hall–Kier alpha value is -0.710. The summed E-state index contributed by atoms with van der Waals surface area (Å²) >= 11 is 11.4. The van der Waals surface area contributed by atoms with Crippen molar-refractivity contribution in [2.75, 3.05) is 5.88 Å². The molecule has 68 valence electrons. The van der Waals surface area contributed by atoms with Gasteiger partial charge in [-0.05, 0) is 18.6 Å². The number of hydrogen-bond donors (Lipinski definition) is 0. The van der Waals surface area contributed by atoms with Gasteiger partial charge in [0.2, 0.25) is 0 Å². The van der Waals surface area contributed by atoms with E-state index in [1.165, 1.54) is 0 Å². The fourth-order valence-electron chi connectivity index (χ4n) is 0.873. The Balaban J connectivity index is 2.95. The van der Waals surface area contributed by atoms with Crippen LogP contribution in [0.4, 0.5) is 0 Å². The second-order valence-corrected chi connectivity index (χ2v) is 3.27. The van der Waals surface area contributed by atoms with Crippen LogP contribution in [-0.2, 0) is 0 Å². The fourth-order valence-corrected chi connectivity index (χ4v) is 1.22. The van der Waals surface area contributed by atoms with Gasteiger partial charge < -0.3 is 0 Å². The Morgan fingerprint density at radius 3 is 2.92 bits per heavy atom. The van der Waals surface area contributed by atoms with E-state index in [2.05, 4.69) is 16.8 Å². The summed E-state index contributed by atoms with van der Waals surface area (Å²) in [7, 11) is 0. The van der Waals surface area contributed by atoms with Crippen LogP contribution < -0.4 is 0 Å². The molecule has 0 aliphatic carbocycles. The fraction of sp³-hybridized carbons (Fsp3) is 0.300. The lowest BCUT2D eigenvalue weighted by molar-refractivity contribution is 1.25. The van der Waals surface area contributed by atoms with Crippen LogP contribution in [0.1, 0.15) is 17.5 Å². The van der Waals surface area contributed by atoms with Crippen molar-refractivity contribution in [1.29, 1.82) is 0 Å². The Morgan fingerprint density at radius 1 is 1.54 bits per heavy atom. The predicted octanol–water partition coefficient (Wildman–Crippen LogP) is 3.02. The number of hydrogen-bond acceptors (Lipinski definition) is 1. The summed E-state index contributed by atoms with van der Waals surface area (Å²) in [6.45, 7) is 1.96. The molecule has 0 aliphatic heterocycles. The minimum absolute atomic E-state index is 0.460. The van der Waals surface area contributed by atoms with Gasteiger partial charge in [-0.25, -0.2) is 4.98 Å². The molecule has 1 aromatic heterocycles. The van der Waals surface area contributed by atoms with Gasteiger partial charge in [0.25, 0.3) is 0 Å². The molecule has 1 nitrogen and oxygen atoms in total. The third kappa shape index (κ3) is 2.91. The van der Waals surface area contributed by atoms with E-state index in [9.17, 15) is 0 Å². The molecule has 0 atom stereocenters. The summed E-state index contributed by atoms with van der Waals surface area (Å²) in [5.74, 6) is 6.43. The van der Waals surface area contributed by atoms with Crippen LogP contribution >= 0.6 is 23.2 Å². The van der Waals surface area contributed by atoms with Crippen LogP contribution in [0.25, 0.3) is 0 Å². The van der Waals surface area contributed by atoms with Crippen LogP contribution in [-0.4, -0.2) is 10.9 Å². The number of alkyl halides is 1. The maximum atomic E-state index is 5.86. The number of pyridine rings is 1. The number of nitrogens with zero attached hydrogens (tertiary/aromatic N) is 1. The van der Waals surface area contributed by atoms with Gasteiger partial charge in [0, 0.05) is 18.5 Å². The molecule has 0 fully saturated rings. The van der Waals surface area contributed by atoms with Crippen molar-refractivity contribution in [1.82, 2.24) is 4.98 Å². The highest BCUT2D eigenvalue weighted by Gasteiger charge is 1.99. The molecule has 0 saturated heterocycles. The summed E-state index contributed by atoms with van der Waals surface area (Å²) in [4.78, 5) is 3.95. The van der Waals surface area contributed by atoms with E-state index < -0.39 is 0 Å². The van der Waals surface area contributed by atoms with Crippen molar-refractivity contribution in [2.24, 2.45) is 0 Å². The zero-order chi connectivity index (χ0) is 9.68. The molecule has 1 rings (SSSR count). The molecule has 0 N–H and O–H groups in total. The molecular weight excluding hydrogens is 205 g/mol. The van der Waals surface area contributed by atoms with Crippen LogP contribution in [0.5, 0.6) is 0 Å². The van der Waals surface area contributed by atoms with Crippen molar-refractivity contribution in [3.05, 3.63) is 28.5 Å². The average Bonchev–Trinajstić information content (AvgIpc) is 2.10. The van der Waals surface area contributed by atoms with E-state index in [1.54, 1.807) is 6.20 Å². The van der Waals surface area contributed by atoms with Crippen LogP contribution in [0, 0.1) is 18.8 Å². The minimum Gasteiger partial charge on any atom is -0.243 e. The molecule has 1 heterocycles. The van der Waals surface area contributed by atoms with Crippen molar-refractivity contribution in [3.8, 4) is 11.8 Å². The molecule has 13 heavy (non-hydrogen) atoms. The maximum Gasteiger partial charge on any atom is 0.144 e. The lowest BCUT2D eigenvalue weighted by Gasteiger charge is -1.97. The van der Waals surface area contributed by atoms with Gasteiger partial charge in [-0.1, -0.05) is 23.4 Å². The van der Waals surface area contributed by atoms with Gasteiger partial charge in [-0.2, -0.15) is 0 Å². The van der Waals surface area contributed by atoms with Crippen molar-refractivity contribution in [3.63, 3.8) is 0 Å². The van der Waals surface area contributed by atoms with E-state index in [0.717, 1.165) is 11.1 Å². The first-order valence-electron chi connectivity index (χ1n) is 3.91. The number of rotatable bonds is 1. The highest BCUT2D eigenvalue weighted by molar-refractivity contribution is 6.30. The molecule has 3 heteroatoms. The highest BCUT2D eigenvalue weighted by atomic mass is 35.5. The summed E-state index contributed by atoms with van der Waals surface area (Å²) in [6, 6.07) is 1.89. The van der Waals surface area contributed by atoms with E-state index in [-0.39, 0.29) is 0 Å². The van der Waals surface area contributed by atoms with Gasteiger partial charge in [0.15, 0.2) is 0 Å². The summed E-state index contributed by atoms with van der Waals surface area (Å²) in [5.41, 5.74) is 1.84. The minimum atomic E-state index is 0.460. The standard InChI is InChI=1S/C10H9Cl2N/c1-8-5-7-13-10(12)9(8)4-2-3-6-11/h5,7H,3,6H2,1H3. The molecule has 0 radical (unpaired) electrons. The van der Waals surface area contributed by atoms with Gasteiger partial charge in [0.1, 0.15) is 5.15 Å². The SMILES string of the molecule is Cc1ccnc(Cl)c1C#CCCCl. The second-order valence-electron chi connectivity index (χ2n) is 2.53. The third-order valence-corrected chi connectivity index (χ3v) is 2.02. The van der Waals surface area contributed by atoms with Gasteiger partial charge in [-0.3, -0.25) is 0 Å². The zero-order valence-corrected chi connectivity index (χ0v) is 8.78. The molecule has 0 bridgehead atoms. The molecule has 1 aromatic rings. The largest absolute Gasteiger partial charge is 0.243 e.